The summed E-state index contributed by atoms with van der Waals surface area (Å²) >= 11 is 5.92. The van der Waals surface area contributed by atoms with Crippen LogP contribution in [0, 0.1) is 5.82 Å². The molecule has 1 aliphatic carbocycles. The quantitative estimate of drug-likeness (QED) is 0.727. The molecule has 1 amide bonds. The molecule has 0 saturated carbocycles. The third-order valence-corrected chi connectivity index (χ3v) is 4.83. The van der Waals surface area contributed by atoms with Crippen molar-refractivity contribution in [3.05, 3.63) is 74.3 Å². The second kappa shape index (κ2) is 6.01. The van der Waals surface area contributed by atoms with Crippen LogP contribution in [0.15, 0.2) is 41.2 Å². The van der Waals surface area contributed by atoms with Crippen molar-refractivity contribution in [3.63, 3.8) is 0 Å². The highest BCUT2D eigenvalue weighted by Crippen LogP contribution is 2.28. The molecule has 126 valence electrons. The molecule has 0 saturated heterocycles. The van der Waals surface area contributed by atoms with E-state index in [-0.39, 0.29) is 16.1 Å². The number of aryl methyl sites for hydroxylation is 1. The van der Waals surface area contributed by atoms with Gasteiger partial charge in [-0.15, -0.1) is 0 Å². The molecule has 0 aliphatic heterocycles. The Balaban J connectivity index is 1.69. The number of aromatic amines is 1. The number of nitrogens with one attached hydrogen (secondary N) is 2. The van der Waals surface area contributed by atoms with Crippen LogP contribution in [0.3, 0.4) is 0 Å². The lowest BCUT2D eigenvalue weighted by molar-refractivity contribution is 0.102. The second-order valence-electron chi connectivity index (χ2n) is 6.10. The van der Waals surface area contributed by atoms with E-state index in [4.69, 9.17) is 11.6 Å². The predicted molar refractivity (Wildman–Crippen MR) is 96.0 cm³/mol. The van der Waals surface area contributed by atoms with Crippen molar-refractivity contribution in [1.29, 1.82) is 0 Å². The van der Waals surface area contributed by atoms with Gasteiger partial charge in [0.1, 0.15) is 5.82 Å². The minimum atomic E-state index is -0.501. The summed E-state index contributed by atoms with van der Waals surface area (Å²) < 4.78 is 13.1. The first-order valence-corrected chi connectivity index (χ1v) is 8.35. The van der Waals surface area contributed by atoms with Crippen molar-refractivity contribution in [2.45, 2.75) is 19.3 Å². The largest absolute Gasteiger partial charge is 0.322 e. The van der Waals surface area contributed by atoms with E-state index in [1.165, 1.54) is 12.1 Å². The average molecular weight is 357 g/mol. The summed E-state index contributed by atoms with van der Waals surface area (Å²) in [5.41, 5.74) is 3.30. The summed E-state index contributed by atoms with van der Waals surface area (Å²) in [6, 6.07) is 9.03. The number of H-pyrrole nitrogens is 1. The molecule has 6 heteroatoms. The summed E-state index contributed by atoms with van der Waals surface area (Å²) in [5, 5.41) is 3.78. The Labute approximate surface area is 147 Å². The monoisotopic (exact) mass is 356 g/mol. The lowest BCUT2D eigenvalue weighted by atomic mass is 10.1. The number of benzene rings is 2. The van der Waals surface area contributed by atoms with Gasteiger partial charge >= 0.3 is 0 Å². The van der Waals surface area contributed by atoms with Gasteiger partial charge < -0.3 is 10.3 Å². The van der Waals surface area contributed by atoms with Gasteiger partial charge in [-0.1, -0.05) is 17.7 Å². The molecule has 1 aromatic heterocycles. The number of carbonyl (C=O) groups is 1. The molecule has 0 unspecified atom stereocenters. The van der Waals surface area contributed by atoms with E-state index >= 15 is 0 Å². The summed E-state index contributed by atoms with van der Waals surface area (Å²) in [5.74, 6) is -0.938. The maximum atomic E-state index is 13.1. The van der Waals surface area contributed by atoms with Gasteiger partial charge in [-0.3, -0.25) is 9.59 Å². The molecule has 1 aliphatic rings. The van der Waals surface area contributed by atoms with Crippen molar-refractivity contribution < 1.29 is 9.18 Å². The predicted octanol–water partition coefficient (Wildman–Crippen LogP) is 4.06. The van der Waals surface area contributed by atoms with Crippen molar-refractivity contribution in [3.8, 4) is 0 Å². The zero-order chi connectivity index (χ0) is 17.6. The number of halogens is 2. The van der Waals surface area contributed by atoms with Gasteiger partial charge in [-0.05, 0) is 55.2 Å². The third kappa shape index (κ3) is 2.81. The van der Waals surface area contributed by atoms with Gasteiger partial charge in [0.05, 0.1) is 16.1 Å². The molecule has 2 N–H and O–H groups in total. The Bertz CT molecular complexity index is 1070. The molecule has 4 nitrogen and oxygen atoms in total. The van der Waals surface area contributed by atoms with Crippen LogP contribution in [-0.2, 0) is 12.8 Å². The lowest BCUT2D eigenvalue weighted by Crippen LogP contribution is -2.14. The van der Waals surface area contributed by atoms with Gasteiger partial charge in [0.25, 0.3) is 11.5 Å². The molecule has 2 aromatic carbocycles. The molecule has 1 heterocycles. The summed E-state index contributed by atoms with van der Waals surface area (Å²) in [6.45, 7) is 0. The first-order valence-electron chi connectivity index (χ1n) is 7.97. The molecule has 25 heavy (non-hydrogen) atoms. The number of fused-ring (bicyclic) bond motifs is 3. The van der Waals surface area contributed by atoms with Crippen molar-refractivity contribution >= 4 is 34.1 Å². The van der Waals surface area contributed by atoms with Gasteiger partial charge in [0, 0.05) is 16.6 Å². The Morgan fingerprint density at radius 2 is 1.92 bits per heavy atom. The minimum absolute atomic E-state index is 0.0458. The van der Waals surface area contributed by atoms with E-state index in [2.05, 4.69) is 10.3 Å². The first kappa shape index (κ1) is 15.8. The van der Waals surface area contributed by atoms with Gasteiger partial charge in [0.2, 0.25) is 0 Å². The standard InChI is InChI=1S/C19H14ClFN2O2/c20-16-8-10(21)4-6-15(16)19(25)22-11-5-7-13-12-2-1-3-14(12)18(24)23-17(13)9-11/h4-9H,1-3H2,(H,22,25)(H,23,24). The number of hydrogen-bond donors (Lipinski definition) is 2. The highest BCUT2D eigenvalue weighted by atomic mass is 35.5. The van der Waals surface area contributed by atoms with E-state index in [0.29, 0.717) is 11.2 Å². The maximum Gasteiger partial charge on any atom is 0.257 e. The zero-order valence-electron chi connectivity index (χ0n) is 13.2. The third-order valence-electron chi connectivity index (χ3n) is 4.52. The van der Waals surface area contributed by atoms with Crippen LogP contribution in [0.2, 0.25) is 5.02 Å². The highest BCUT2D eigenvalue weighted by molar-refractivity contribution is 6.34. The number of pyridine rings is 1. The van der Waals surface area contributed by atoms with Crippen LogP contribution in [0.5, 0.6) is 0 Å². The molecule has 3 aromatic rings. The number of hydrogen-bond acceptors (Lipinski definition) is 2. The maximum absolute atomic E-state index is 13.1. The minimum Gasteiger partial charge on any atom is -0.322 e. The lowest BCUT2D eigenvalue weighted by Gasteiger charge is -2.10. The number of rotatable bonds is 2. The fraction of sp³-hybridized carbons (Fsp3) is 0.158. The smallest absolute Gasteiger partial charge is 0.257 e. The van der Waals surface area contributed by atoms with E-state index in [9.17, 15) is 14.0 Å². The van der Waals surface area contributed by atoms with Crippen LogP contribution >= 0.6 is 11.6 Å². The molecule has 0 radical (unpaired) electrons. The zero-order valence-corrected chi connectivity index (χ0v) is 13.9. The number of amides is 1. The van der Waals surface area contributed by atoms with Gasteiger partial charge in [0.15, 0.2) is 0 Å². The van der Waals surface area contributed by atoms with Crippen LogP contribution in [0.4, 0.5) is 10.1 Å². The fourth-order valence-corrected chi connectivity index (χ4v) is 3.60. The number of aromatic nitrogens is 1. The van der Waals surface area contributed by atoms with Crippen molar-refractivity contribution in [1.82, 2.24) is 4.98 Å². The summed E-state index contributed by atoms with van der Waals surface area (Å²) in [6.07, 6.45) is 2.69. The fourth-order valence-electron chi connectivity index (χ4n) is 3.35. The molecule has 0 spiro atoms. The van der Waals surface area contributed by atoms with Crippen LogP contribution in [-0.4, -0.2) is 10.9 Å². The van der Waals surface area contributed by atoms with Crippen LogP contribution in [0.25, 0.3) is 10.9 Å². The normalized spacial score (nSPS) is 13.0. The molecule has 0 fully saturated rings. The Kier molecular flexibility index (Phi) is 3.81. The topological polar surface area (TPSA) is 62.0 Å². The Hall–Kier alpha value is -2.66. The average Bonchev–Trinajstić information content (AvgIpc) is 3.05. The number of carbonyl (C=O) groups excluding carboxylic acids is 1. The van der Waals surface area contributed by atoms with E-state index < -0.39 is 11.7 Å². The van der Waals surface area contributed by atoms with Crippen LogP contribution < -0.4 is 10.9 Å². The SMILES string of the molecule is O=C(Nc1ccc2c3c(c(=O)[nH]c2c1)CCC3)c1ccc(F)cc1Cl. The molecule has 4 rings (SSSR count). The number of anilines is 1. The second-order valence-corrected chi connectivity index (χ2v) is 6.51. The molecule has 0 bridgehead atoms. The van der Waals surface area contributed by atoms with E-state index in [1.54, 1.807) is 12.1 Å². The van der Waals surface area contributed by atoms with Crippen LogP contribution in [0.1, 0.15) is 27.9 Å². The molecule has 0 atom stereocenters. The highest BCUT2D eigenvalue weighted by Gasteiger charge is 2.18. The summed E-state index contributed by atoms with van der Waals surface area (Å²) in [4.78, 5) is 27.4. The Morgan fingerprint density at radius 1 is 1.12 bits per heavy atom. The molecular weight excluding hydrogens is 343 g/mol. The van der Waals surface area contributed by atoms with E-state index in [0.717, 1.165) is 41.8 Å². The molecular formula is C19H14ClFN2O2. The van der Waals surface area contributed by atoms with Crippen molar-refractivity contribution in [2.24, 2.45) is 0 Å². The van der Waals surface area contributed by atoms with Gasteiger partial charge in [-0.25, -0.2) is 4.39 Å². The van der Waals surface area contributed by atoms with Gasteiger partial charge in [-0.2, -0.15) is 0 Å². The van der Waals surface area contributed by atoms with E-state index in [1.807, 2.05) is 6.07 Å². The Morgan fingerprint density at radius 3 is 2.72 bits per heavy atom. The first-order chi connectivity index (χ1) is 12.0. The van der Waals surface area contributed by atoms with Crippen molar-refractivity contribution in [2.75, 3.05) is 5.32 Å². The summed E-state index contributed by atoms with van der Waals surface area (Å²) in [7, 11) is 0.